The van der Waals surface area contributed by atoms with Crippen LogP contribution in [0.1, 0.15) is 18.4 Å². The highest BCUT2D eigenvalue weighted by molar-refractivity contribution is 7.89. The molecule has 1 aromatic carbocycles. The molecule has 0 aliphatic carbocycles. The van der Waals surface area contributed by atoms with Gasteiger partial charge < -0.3 is 0 Å². The first-order valence-corrected chi connectivity index (χ1v) is 7.09. The minimum Gasteiger partial charge on any atom is -0.284 e. The number of benzene rings is 1. The lowest BCUT2D eigenvalue weighted by atomic mass is 10.2. The molecule has 0 bridgehead atoms. The molecule has 0 aromatic heterocycles. The van der Waals surface area contributed by atoms with E-state index in [2.05, 4.69) is 0 Å². The Morgan fingerprint density at radius 1 is 1.16 bits per heavy atom. The second-order valence-corrected chi connectivity index (χ2v) is 5.86. The number of nitrogens with zero attached hydrogens (tertiary/aromatic N) is 1. The van der Waals surface area contributed by atoms with Gasteiger partial charge in [0.25, 0.3) is 10.0 Å². The molecule has 1 aliphatic heterocycles. The predicted octanol–water partition coefficient (Wildman–Crippen LogP) is 2.42. The van der Waals surface area contributed by atoms with Crippen LogP contribution in [0.25, 0.3) is 0 Å². The highest BCUT2D eigenvalue weighted by Gasteiger charge is 2.39. The molecule has 4 nitrogen and oxygen atoms in total. The van der Waals surface area contributed by atoms with Crippen LogP contribution in [0.3, 0.4) is 0 Å². The molecule has 0 amide bonds. The van der Waals surface area contributed by atoms with Gasteiger partial charge in [-0.25, -0.2) is 8.42 Å². The number of hydroxylamine groups is 1. The van der Waals surface area contributed by atoms with Crippen LogP contribution in [0.2, 0.25) is 0 Å². The molecule has 106 valence electrons. The van der Waals surface area contributed by atoms with E-state index in [0.717, 1.165) is 18.2 Å². The maximum absolute atomic E-state index is 12.8. The second kappa shape index (κ2) is 5.10. The van der Waals surface area contributed by atoms with Crippen LogP contribution in [0.4, 0.5) is 13.2 Å². The highest BCUT2D eigenvalue weighted by Crippen LogP contribution is 2.35. The van der Waals surface area contributed by atoms with Crippen LogP contribution < -0.4 is 0 Å². The molecule has 19 heavy (non-hydrogen) atoms. The van der Waals surface area contributed by atoms with Gasteiger partial charge in [0.2, 0.25) is 0 Å². The molecule has 0 radical (unpaired) electrons. The molecule has 0 unspecified atom stereocenters. The minimum absolute atomic E-state index is 0.0640. The normalized spacial score (nSPS) is 18.5. The predicted molar refractivity (Wildman–Crippen MR) is 60.5 cm³/mol. The maximum Gasteiger partial charge on any atom is 0.417 e. The Hall–Kier alpha value is -1.12. The fraction of sp³-hybridized carbons (Fsp3) is 0.455. The number of sulfonamides is 1. The number of hydrogen-bond acceptors (Lipinski definition) is 3. The molecule has 0 atom stereocenters. The van der Waals surface area contributed by atoms with E-state index in [1.54, 1.807) is 0 Å². The van der Waals surface area contributed by atoms with Gasteiger partial charge in [0.1, 0.15) is 0 Å². The summed E-state index contributed by atoms with van der Waals surface area (Å²) in [5, 5.41) is 0. The molecule has 1 heterocycles. The van der Waals surface area contributed by atoms with Crippen molar-refractivity contribution in [2.45, 2.75) is 23.9 Å². The lowest BCUT2D eigenvalue weighted by Gasteiger charge is -2.26. The minimum atomic E-state index is -4.72. The van der Waals surface area contributed by atoms with Crippen LogP contribution in [-0.2, 0) is 21.0 Å². The van der Waals surface area contributed by atoms with Crippen molar-refractivity contribution in [3.8, 4) is 0 Å². The van der Waals surface area contributed by atoms with E-state index in [1.165, 1.54) is 6.07 Å². The van der Waals surface area contributed by atoms with Crippen molar-refractivity contribution >= 4 is 10.0 Å². The van der Waals surface area contributed by atoms with Crippen LogP contribution in [0.15, 0.2) is 29.2 Å². The molecule has 2 rings (SSSR count). The Kier molecular flexibility index (Phi) is 3.84. The lowest BCUT2D eigenvalue weighted by Crippen LogP contribution is -2.36. The third kappa shape index (κ3) is 2.90. The fourth-order valence-corrected chi connectivity index (χ4v) is 3.31. The average molecular weight is 295 g/mol. The van der Waals surface area contributed by atoms with Crippen molar-refractivity contribution in [1.82, 2.24) is 4.47 Å². The van der Waals surface area contributed by atoms with Crippen molar-refractivity contribution < 1.29 is 26.4 Å². The summed E-state index contributed by atoms with van der Waals surface area (Å²) >= 11 is 0. The van der Waals surface area contributed by atoms with Crippen molar-refractivity contribution in [1.29, 1.82) is 0 Å². The zero-order valence-electron chi connectivity index (χ0n) is 9.85. The van der Waals surface area contributed by atoms with E-state index in [9.17, 15) is 21.6 Å². The Balaban J connectivity index is 2.46. The van der Waals surface area contributed by atoms with E-state index in [0.29, 0.717) is 17.3 Å². The lowest BCUT2D eigenvalue weighted by molar-refractivity contribution is -0.140. The van der Waals surface area contributed by atoms with Gasteiger partial charge in [-0.05, 0) is 25.0 Å². The van der Waals surface area contributed by atoms with E-state index in [1.807, 2.05) is 0 Å². The summed E-state index contributed by atoms with van der Waals surface area (Å²) in [6.45, 7) is 0.252. The first-order chi connectivity index (χ1) is 8.83. The van der Waals surface area contributed by atoms with Gasteiger partial charge in [0.05, 0.1) is 17.1 Å². The van der Waals surface area contributed by atoms with E-state index in [4.69, 9.17) is 4.84 Å². The Morgan fingerprint density at radius 3 is 2.42 bits per heavy atom. The Bertz CT molecular complexity index is 551. The second-order valence-electron chi connectivity index (χ2n) is 4.07. The van der Waals surface area contributed by atoms with E-state index >= 15 is 0 Å². The summed E-state index contributed by atoms with van der Waals surface area (Å²) in [4.78, 5) is 4.17. The van der Waals surface area contributed by atoms with Gasteiger partial charge in [0.15, 0.2) is 0 Å². The first-order valence-electron chi connectivity index (χ1n) is 5.65. The Labute approximate surface area is 108 Å². The topological polar surface area (TPSA) is 46.6 Å². The van der Waals surface area contributed by atoms with Gasteiger partial charge in [-0.2, -0.15) is 13.2 Å². The molecular weight excluding hydrogens is 283 g/mol. The summed E-state index contributed by atoms with van der Waals surface area (Å²) in [6, 6.07) is 4.10. The summed E-state index contributed by atoms with van der Waals surface area (Å²) in [7, 11) is -4.28. The number of hydrogen-bond donors (Lipinski definition) is 0. The van der Waals surface area contributed by atoms with Crippen molar-refractivity contribution in [2.75, 3.05) is 13.2 Å². The summed E-state index contributed by atoms with van der Waals surface area (Å²) < 4.78 is 63.4. The van der Waals surface area contributed by atoms with Crippen molar-refractivity contribution in [3.63, 3.8) is 0 Å². The molecular formula is C11H12F3NO3S. The summed E-state index contributed by atoms with van der Waals surface area (Å²) in [5.41, 5.74) is -1.18. The SMILES string of the molecule is O=S(=O)(c1ccccc1C(F)(F)F)N1CCCCO1. The largest absolute Gasteiger partial charge is 0.417 e. The van der Waals surface area contributed by atoms with Gasteiger partial charge in [-0.1, -0.05) is 16.6 Å². The Morgan fingerprint density at radius 2 is 1.84 bits per heavy atom. The fourth-order valence-electron chi connectivity index (χ4n) is 1.80. The van der Waals surface area contributed by atoms with E-state index in [-0.39, 0.29) is 13.2 Å². The summed E-state index contributed by atoms with van der Waals surface area (Å²) in [5.74, 6) is 0. The molecule has 1 saturated heterocycles. The van der Waals surface area contributed by atoms with Gasteiger partial charge in [-0.15, -0.1) is 0 Å². The number of alkyl halides is 3. The van der Waals surface area contributed by atoms with E-state index < -0.39 is 26.7 Å². The van der Waals surface area contributed by atoms with Gasteiger partial charge in [0, 0.05) is 6.54 Å². The molecule has 8 heteroatoms. The quantitative estimate of drug-likeness (QED) is 0.842. The van der Waals surface area contributed by atoms with Crippen molar-refractivity contribution in [2.24, 2.45) is 0 Å². The third-order valence-electron chi connectivity index (χ3n) is 2.71. The number of rotatable bonds is 2. The van der Waals surface area contributed by atoms with Gasteiger partial charge in [-0.3, -0.25) is 4.84 Å². The maximum atomic E-state index is 12.8. The first kappa shape index (κ1) is 14.3. The van der Waals surface area contributed by atoms with Gasteiger partial charge >= 0.3 is 6.18 Å². The van der Waals surface area contributed by atoms with Crippen LogP contribution in [0.5, 0.6) is 0 Å². The number of halogens is 3. The third-order valence-corrected chi connectivity index (χ3v) is 4.44. The van der Waals surface area contributed by atoms with Crippen LogP contribution >= 0.6 is 0 Å². The standard InChI is InChI=1S/C11H12F3NO3S/c12-11(13,14)9-5-1-2-6-10(9)19(16,17)15-7-3-4-8-18-15/h1-2,5-6H,3-4,7-8H2. The molecule has 1 aromatic rings. The molecule has 0 spiro atoms. The zero-order valence-corrected chi connectivity index (χ0v) is 10.7. The highest BCUT2D eigenvalue weighted by atomic mass is 32.2. The van der Waals surface area contributed by atoms with Crippen molar-refractivity contribution in [3.05, 3.63) is 29.8 Å². The molecule has 1 fully saturated rings. The monoisotopic (exact) mass is 295 g/mol. The molecule has 0 N–H and O–H groups in total. The molecule has 1 aliphatic rings. The van der Waals surface area contributed by atoms with Crippen LogP contribution in [0, 0.1) is 0 Å². The zero-order chi connectivity index (χ0) is 14.1. The molecule has 0 saturated carbocycles. The average Bonchev–Trinajstić information content (AvgIpc) is 2.39. The summed E-state index contributed by atoms with van der Waals surface area (Å²) in [6.07, 6.45) is -3.47. The van der Waals surface area contributed by atoms with Crippen LogP contribution in [-0.4, -0.2) is 26.0 Å². The smallest absolute Gasteiger partial charge is 0.284 e.